The molecule has 4 rings (SSSR count). The molecule has 3 heterocycles. The molecule has 0 spiro atoms. The minimum Gasteiger partial charge on any atom is -0.465 e. The number of H-pyrrole nitrogens is 1. The van der Waals surface area contributed by atoms with Gasteiger partial charge in [-0.1, -0.05) is 11.8 Å². The highest BCUT2D eigenvalue weighted by atomic mass is 32.2. The number of tetrazole rings is 1. The third-order valence-corrected chi connectivity index (χ3v) is 8.62. The maximum atomic E-state index is 12.8. The van der Waals surface area contributed by atoms with Crippen LogP contribution >= 0.6 is 11.8 Å². The number of hydrogen-bond acceptors (Lipinski definition) is 11. The Hall–Kier alpha value is -2.41. The number of piperidine rings is 1. The highest BCUT2D eigenvalue weighted by Gasteiger charge is 2.46. The van der Waals surface area contributed by atoms with Crippen LogP contribution in [0.4, 0.5) is 4.79 Å². The fourth-order valence-corrected chi connectivity index (χ4v) is 7.03. The van der Waals surface area contributed by atoms with Crippen molar-refractivity contribution in [1.82, 2.24) is 30.4 Å². The van der Waals surface area contributed by atoms with Crippen molar-refractivity contribution in [1.29, 1.82) is 0 Å². The van der Waals surface area contributed by atoms with Gasteiger partial charge in [0.2, 0.25) is 5.16 Å². The van der Waals surface area contributed by atoms with Gasteiger partial charge in [-0.3, -0.25) is 14.6 Å². The molecule has 36 heavy (non-hydrogen) atoms. The zero-order valence-corrected chi connectivity index (χ0v) is 21.9. The molecular weight excluding hydrogens is 488 g/mol. The average Bonchev–Trinajstić information content (AvgIpc) is 3.53. The first-order valence-corrected chi connectivity index (χ1v) is 13.6. The second-order valence-electron chi connectivity index (χ2n) is 9.72. The van der Waals surface area contributed by atoms with E-state index >= 15 is 0 Å². The molecule has 4 unspecified atom stereocenters. The minimum absolute atomic E-state index is 0.171. The van der Waals surface area contributed by atoms with E-state index in [1.165, 1.54) is 23.8 Å². The molecule has 13 heteroatoms. The van der Waals surface area contributed by atoms with Crippen molar-refractivity contribution in [2.24, 2.45) is 17.8 Å². The SMILES string of the molecule is CCOC(=O)C1CC2CC(CN3C[C@@H](Sc4nn[nH]n4)C[C@H]3C(=O)OCC)CCC2CN1C(=O)OC. The quantitative estimate of drug-likeness (QED) is 0.393. The number of thioether (sulfide) groups is 1. The van der Waals surface area contributed by atoms with Crippen LogP contribution in [0.25, 0.3) is 0 Å². The highest BCUT2D eigenvalue weighted by Crippen LogP contribution is 2.43. The van der Waals surface area contributed by atoms with Gasteiger partial charge in [0.05, 0.1) is 20.3 Å². The van der Waals surface area contributed by atoms with Crippen molar-refractivity contribution < 1.29 is 28.6 Å². The molecule has 1 saturated carbocycles. The molecule has 1 aliphatic carbocycles. The van der Waals surface area contributed by atoms with Crippen LogP contribution in [0.5, 0.6) is 0 Å². The number of nitrogens with one attached hydrogen (secondary N) is 1. The Balaban J connectivity index is 1.41. The number of carbonyl (C=O) groups is 3. The number of amides is 1. The Bertz CT molecular complexity index is 904. The molecule has 2 saturated heterocycles. The van der Waals surface area contributed by atoms with Crippen molar-refractivity contribution in [3.05, 3.63) is 0 Å². The predicted octanol–water partition coefficient (Wildman–Crippen LogP) is 1.73. The Kier molecular flexibility index (Phi) is 9.04. The molecule has 0 aromatic carbocycles. The van der Waals surface area contributed by atoms with E-state index < -0.39 is 12.1 Å². The van der Waals surface area contributed by atoms with Crippen LogP contribution in [0, 0.1) is 17.8 Å². The van der Waals surface area contributed by atoms with E-state index in [-0.39, 0.29) is 29.8 Å². The molecule has 2 aliphatic heterocycles. The monoisotopic (exact) mass is 524 g/mol. The number of nitrogens with zero attached hydrogens (tertiary/aromatic N) is 5. The summed E-state index contributed by atoms with van der Waals surface area (Å²) in [6, 6.07) is -0.910. The number of aromatic amines is 1. The number of rotatable bonds is 8. The normalized spacial score (nSPS) is 30.5. The zero-order chi connectivity index (χ0) is 25.7. The summed E-state index contributed by atoms with van der Waals surface area (Å²) in [7, 11) is 1.34. The molecule has 1 aromatic heterocycles. The third kappa shape index (κ3) is 6.10. The average molecular weight is 525 g/mol. The van der Waals surface area contributed by atoms with Crippen molar-refractivity contribution >= 4 is 29.8 Å². The highest BCUT2D eigenvalue weighted by molar-refractivity contribution is 7.99. The number of methoxy groups -OCH3 is 1. The van der Waals surface area contributed by atoms with Crippen LogP contribution in [-0.4, -0.2) is 106 Å². The lowest BCUT2D eigenvalue weighted by atomic mass is 9.69. The van der Waals surface area contributed by atoms with E-state index in [9.17, 15) is 14.4 Å². The molecular formula is C23H36N6O6S. The van der Waals surface area contributed by atoms with Gasteiger partial charge in [0.15, 0.2) is 0 Å². The Morgan fingerprint density at radius 1 is 1.00 bits per heavy atom. The molecule has 3 fully saturated rings. The number of likely N-dealkylation sites (tertiary alicyclic amines) is 2. The van der Waals surface area contributed by atoms with E-state index in [4.69, 9.17) is 14.2 Å². The van der Waals surface area contributed by atoms with Crippen LogP contribution in [-0.2, 0) is 23.8 Å². The van der Waals surface area contributed by atoms with E-state index in [0.717, 1.165) is 32.4 Å². The Morgan fingerprint density at radius 2 is 1.75 bits per heavy atom. The van der Waals surface area contributed by atoms with E-state index in [0.29, 0.717) is 48.9 Å². The van der Waals surface area contributed by atoms with Crippen LogP contribution in [0.2, 0.25) is 0 Å². The number of carbonyl (C=O) groups excluding carboxylic acids is 3. The maximum Gasteiger partial charge on any atom is 0.410 e. The van der Waals surface area contributed by atoms with Gasteiger partial charge in [-0.2, -0.15) is 5.21 Å². The largest absolute Gasteiger partial charge is 0.465 e. The van der Waals surface area contributed by atoms with Gasteiger partial charge in [0.25, 0.3) is 0 Å². The summed E-state index contributed by atoms with van der Waals surface area (Å²) >= 11 is 1.53. The summed E-state index contributed by atoms with van der Waals surface area (Å²) in [6.45, 7) is 6.26. The topological polar surface area (TPSA) is 140 Å². The maximum absolute atomic E-state index is 12.8. The van der Waals surface area contributed by atoms with Gasteiger partial charge in [-0.25, -0.2) is 9.59 Å². The number of fused-ring (bicyclic) bond motifs is 1. The van der Waals surface area contributed by atoms with Gasteiger partial charge in [0, 0.05) is 24.9 Å². The smallest absolute Gasteiger partial charge is 0.410 e. The zero-order valence-electron chi connectivity index (χ0n) is 21.1. The number of aromatic nitrogens is 4. The Morgan fingerprint density at radius 3 is 2.42 bits per heavy atom. The molecule has 1 amide bonds. The third-order valence-electron chi connectivity index (χ3n) is 7.56. The van der Waals surface area contributed by atoms with E-state index in [1.807, 2.05) is 6.92 Å². The van der Waals surface area contributed by atoms with Crippen molar-refractivity contribution in [3.63, 3.8) is 0 Å². The molecule has 6 atom stereocenters. The molecule has 0 radical (unpaired) electrons. The molecule has 3 aliphatic rings. The van der Waals surface area contributed by atoms with Crippen molar-refractivity contribution in [3.8, 4) is 0 Å². The van der Waals surface area contributed by atoms with Gasteiger partial charge in [-0.05, 0) is 68.9 Å². The second-order valence-corrected chi connectivity index (χ2v) is 11.0. The lowest BCUT2D eigenvalue weighted by Gasteiger charge is -2.46. The molecule has 0 bridgehead atoms. The van der Waals surface area contributed by atoms with Crippen LogP contribution in [0.3, 0.4) is 0 Å². The number of esters is 2. The van der Waals surface area contributed by atoms with Crippen LogP contribution in [0.15, 0.2) is 5.16 Å². The van der Waals surface area contributed by atoms with E-state index in [1.54, 1.807) is 6.92 Å². The summed E-state index contributed by atoms with van der Waals surface area (Å²) < 4.78 is 15.6. The summed E-state index contributed by atoms with van der Waals surface area (Å²) in [6.07, 6.45) is 3.70. The van der Waals surface area contributed by atoms with Crippen molar-refractivity contribution in [2.75, 3.05) is 40.0 Å². The first-order chi connectivity index (χ1) is 17.4. The van der Waals surface area contributed by atoms with E-state index in [2.05, 4.69) is 25.5 Å². The van der Waals surface area contributed by atoms with Crippen LogP contribution < -0.4 is 0 Å². The molecule has 1 aromatic rings. The van der Waals surface area contributed by atoms with Crippen LogP contribution in [0.1, 0.15) is 46.0 Å². The molecule has 200 valence electrons. The fourth-order valence-electron chi connectivity index (χ4n) is 6.01. The fraction of sp³-hybridized carbons (Fsp3) is 0.826. The summed E-state index contributed by atoms with van der Waals surface area (Å²) in [5.74, 6) is 0.478. The first kappa shape index (κ1) is 26.6. The van der Waals surface area contributed by atoms with Crippen molar-refractivity contribution in [2.45, 2.75) is 68.4 Å². The summed E-state index contributed by atoms with van der Waals surface area (Å²) in [5, 5.41) is 14.9. The Labute approximate surface area is 215 Å². The van der Waals surface area contributed by atoms with Gasteiger partial charge >= 0.3 is 18.0 Å². The first-order valence-electron chi connectivity index (χ1n) is 12.7. The second kappa shape index (κ2) is 12.2. The van der Waals surface area contributed by atoms with Gasteiger partial charge in [-0.15, -0.1) is 10.2 Å². The minimum atomic E-state index is -0.618. The summed E-state index contributed by atoms with van der Waals surface area (Å²) in [5.41, 5.74) is 0. The predicted molar refractivity (Wildman–Crippen MR) is 129 cm³/mol. The molecule has 12 nitrogen and oxygen atoms in total. The van der Waals surface area contributed by atoms with Gasteiger partial charge < -0.3 is 14.2 Å². The number of hydrogen-bond donors (Lipinski definition) is 1. The lowest BCUT2D eigenvalue weighted by Crippen LogP contribution is -2.55. The lowest BCUT2D eigenvalue weighted by molar-refractivity contribution is -0.153. The van der Waals surface area contributed by atoms with Gasteiger partial charge in [0.1, 0.15) is 12.1 Å². The number of ether oxygens (including phenoxy) is 3. The summed E-state index contributed by atoms with van der Waals surface area (Å²) in [4.78, 5) is 41.6. The standard InChI is InChI=1S/C23H36N6O6S/c1-4-34-20(30)18-10-17(36-22-24-26-27-25-22)13-28(18)11-14-6-7-15-12-29(23(32)33-3)19(9-16(15)8-14)21(31)35-5-2/h14-19H,4-13H2,1-3H3,(H,24,25,26,27)/t14?,15?,16?,17-,18-,19?/m0/s1. The molecule has 1 N–H and O–H groups in total.